The van der Waals surface area contributed by atoms with Gasteiger partial charge in [-0.2, -0.15) is 0 Å². The predicted molar refractivity (Wildman–Crippen MR) is 115 cm³/mol. The number of rotatable bonds is 5. The summed E-state index contributed by atoms with van der Waals surface area (Å²) < 4.78 is 0. The van der Waals surface area contributed by atoms with Gasteiger partial charge < -0.3 is 15.2 Å². The third-order valence-corrected chi connectivity index (χ3v) is 6.15. The summed E-state index contributed by atoms with van der Waals surface area (Å²) in [5.41, 5.74) is 3.07. The molecule has 0 unspecified atom stereocenters. The zero-order valence-electron chi connectivity index (χ0n) is 16.8. The molecule has 0 radical (unpaired) electrons. The second-order valence-electron chi connectivity index (χ2n) is 8.41. The maximum atomic E-state index is 12.6. The minimum Gasteiger partial charge on any atom is -0.396 e. The number of aryl methyl sites for hydroxylation is 1. The third-order valence-electron chi connectivity index (χ3n) is 6.15. The van der Waals surface area contributed by atoms with Gasteiger partial charge >= 0.3 is 0 Å². The molecule has 0 amide bonds. The Labute approximate surface area is 170 Å². The lowest BCUT2D eigenvalue weighted by Gasteiger charge is -2.45. The van der Waals surface area contributed by atoms with Crippen molar-refractivity contribution in [3.05, 3.63) is 81.6 Å². The van der Waals surface area contributed by atoms with Crippen molar-refractivity contribution in [3.8, 4) is 0 Å². The van der Waals surface area contributed by atoms with Crippen LogP contribution in [0.15, 0.2) is 59.4 Å². The number of pyridine rings is 1. The van der Waals surface area contributed by atoms with E-state index < -0.39 is 11.5 Å². The van der Waals surface area contributed by atoms with Crippen molar-refractivity contribution in [2.75, 3.05) is 19.7 Å². The molecule has 3 aromatic rings. The van der Waals surface area contributed by atoms with Crippen molar-refractivity contribution in [3.63, 3.8) is 0 Å². The van der Waals surface area contributed by atoms with Crippen LogP contribution in [0.3, 0.4) is 0 Å². The van der Waals surface area contributed by atoms with Crippen LogP contribution >= 0.6 is 0 Å². The van der Waals surface area contributed by atoms with Crippen molar-refractivity contribution < 1.29 is 10.2 Å². The normalized spacial score (nSPS) is 22.8. The van der Waals surface area contributed by atoms with Crippen molar-refractivity contribution in [2.24, 2.45) is 5.41 Å². The van der Waals surface area contributed by atoms with Gasteiger partial charge in [-0.1, -0.05) is 42.5 Å². The van der Waals surface area contributed by atoms with Crippen LogP contribution in [-0.4, -0.2) is 45.9 Å². The Kier molecular flexibility index (Phi) is 5.54. The molecule has 1 aliphatic heterocycles. The van der Waals surface area contributed by atoms with Gasteiger partial charge in [-0.25, -0.2) is 0 Å². The van der Waals surface area contributed by atoms with E-state index in [1.165, 1.54) is 0 Å². The zero-order valence-corrected chi connectivity index (χ0v) is 16.8. The first kappa shape index (κ1) is 19.8. The van der Waals surface area contributed by atoms with E-state index in [1.54, 1.807) is 0 Å². The average molecular weight is 392 g/mol. The third kappa shape index (κ3) is 4.13. The second-order valence-corrected chi connectivity index (χ2v) is 8.41. The van der Waals surface area contributed by atoms with Crippen LogP contribution < -0.4 is 5.56 Å². The van der Waals surface area contributed by atoms with Crippen LogP contribution in [0.4, 0.5) is 0 Å². The first-order valence-corrected chi connectivity index (χ1v) is 10.2. The fourth-order valence-corrected chi connectivity index (χ4v) is 4.48. The Hall–Kier alpha value is -2.47. The largest absolute Gasteiger partial charge is 0.396 e. The molecule has 0 saturated carbocycles. The molecule has 152 valence electrons. The molecule has 2 aromatic carbocycles. The summed E-state index contributed by atoms with van der Waals surface area (Å²) in [4.78, 5) is 17.8. The number of nitrogens with zero attached hydrogens (tertiary/aromatic N) is 1. The Morgan fingerprint density at radius 2 is 1.97 bits per heavy atom. The molecule has 0 spiro atoms. The Morgan fingerprint density at radius 1 is 1.17 bits per heavy atom. The summed E-state index contributed by atoms with van der Waals surface area (Å²) in [6.45, 7) is 3.66. The van der Waals surface area contributed by atoms with E-state index in [-0.39, 0.29) is 12.2 Å². The quantitative estimate of drug-likeness (QED) is 0.624. The number of piperidine rings is 1. The van der Waals surface area contributed by atoms with Crippen LogP contribution in [0, 0.1) is 12.3 Å². The van der Waals surface area contributed by atoms with Gasteiger partial charge in [0.05, 0.1) is 12.7 Å². The topological polar surface area (TPSA) is 76.6 Å². The highest BCUT2D eigenvalue weighted by atomic mass is 16.3. The molecule has 3 N–H and O–H groups in total. The maximum absolute atomic E-state index is 12.6. The second kappa shape index (κ2) is 8.11. The van der Waals surface area contributed by atoms with Gasteiger partial charge in [0.15, 0.2) is 0 Å². The van der Waals surface area contributed by atoms with Crippen molar-refractivity contribution in [1.29, 1.82) is 0 Å². The van der Waals surface area contributed by atoms with Gasteiger partial charge in [0.2, 0.25) is 0 Å². The van der Waals surface area contributed by atoms with Gasteiger partial charge in [0.25, 0.3) is 5.56 Å². The number of aromatic amines is 1. The summed E-state index contributed by atoms with van der Waals surface area (Å²) in [5, 5.41) is 22.0. The first-order valence-electron chi connectivity index (χ1n) is 10.2. The molecule has 0 bridgehead atoms. The Bertz CT molecular complexity index is 1050. The van der Waals surface area contributed by atoms with Crippen molar-refractivity contribution >= 4 is 10.9 Å². The van der Waals surface area contributed by atoms with Crippen LogP contribution in [0.2, 0.25) is 0 Å². The molecular weight excluding hydrogens is 364 g/mol. The Morgan fingerprint density at radius 3 is 2.72 bits per heavy atom. The summed E-state index contributed by atoms with van der Waals surface area (Å²) in [7, 11) is 0. The van der Waals surface area contributed by atoms with Crippen LogP contribution in [0.25, 0.3) is 10.9 Å². The molecule has 4 rings (SSSR count). The number of aliphatic hydroxyl groups is 2. The number of H-pyrrole nitrogens is 1. The SMILES string of the molecule is Cc1ccc2cc(CN3CC[C@@H](O)[C@@](CO)(Cc4ccccc4)C3)c(=O)[nH]c2c1. The average Bonchev–Trinajstić information content (AvgIpc) is 2.72. The van der Waals surface area contributed by atoms with E-state index in [0.717, 1.165) is 22.0 Å². The first-order chi connectivity index (χ1) is 14.0. The molecule has 5 nitrogen and oxygen atoms in total. The highest BCUT2D eigenvalue weighted by Crippen LogP contribution is 2.34. The number of benzene rings is 2. The number of hydrogen-bond donors (Lipinski definition) is 3. The lowest BCUT2D eigenvalue weighted by molar-refractivity contribution is -0.0769. The molecule has 2 heterocycles. The monoisotopic (exact) mass is 392 g/mol. The fraction of sp³-hybridized carbons (Fsp3) is 0.375. The number of hydrogen-bond acceptors (Lipinski definition) is 4. The lowest BCUT2D eigenvalue weighted by atomic mass is 9.73. The smallest absolute Gasteiger partial charge is 0.252 e. The van der Waals surface area contributed by atoms with Gasteiger partial charge in [-0.15, -0.1) is 0 Å². The van der Waals surface area contributed by atoms with E-state index in [4.69, 9.17) is 0 Å². The number of fused-ring (bicyclic) bond motifs is 1. The molecule has 5 heteroatoms. The van der Waals surface area contributed by atoms with Crippen LogP contribution in [0.5, 0.6) is 0 Å². The minimum atomic E-state index is -0.625. The van der Waals surface area contributed by atoms with Gasteiger partial charge in [0, 0.05) is 36.1 Å². The molecule has 29 heavy (non-hydrogen) atoms. The summed E-state index contributed by atoms with van der Waals surface area (Å²) in [6.07, 6.45) is 0.620. The number of aliphatic hydroxyl groups excluding tert-OH is 2. The van der Waals surface area contributed by atoms with E-state index in [9.17, 15) is 15.0 Å². The van der Waals surface area contributed by atoms with Crippen molar-refractivity contribution in [2.45, 2.75) is 32.4 Å². The maximum Gasteiger partial charge on any atom is 0.252 e. The van der Waals surface area contributed by atoms with Crippen molar-refractivity contribution in [1.82, 2.24) is 9.88 Å². The van der Waals surface area contributed by atoms with E-state index in [1.807, 2.05) is 61.5 Å². The Balaban J connectivity index is 1.58. The standard InChI is InChI=1S/C24H28N2O3/c1-17-7-8-19-12-20(23(29)25-21(19)11-17)14-26-10-9-22(28)24(15-26,16-27)13-18-5-3-2-4-6-18/h2-8,11-12,22,27-28H,9-10,13-16H2,1H3,(H,25,29)/t22-,24+/m1/s1. The van der Waals surface area contributed by atoms with Crippen LogP contribution in [0.1, 0.15) is 23.1 Å². The van der Waals surface area contributed by atoms with E-state index >= 15 is 0 Å². The summed E-state index contributed by atoms with van der Waals surface area (Å²) in [5.74, 6) is 0. The molecule has 0 aliphatic carbocycles. The van der Waals surface area contributed by atoms with Gasteiger partial charge in [-0.05, 0) is 48.4 Å². The minimum absolute atomic E-state index is 0.0770. The number of likely N-dealkylation sites (tertiary alicyclic amines) is 1. The van der Waals surface area contributed by atoms with Gasteiger partial charge in [-0.3, -0.25) is 9.69 Å². The van der Waals surface area contributed by atoms with E-state index in [0.29, 0.717) is 38.0 Å². The molecular formula is C24H28N2O3. The predicted octanol–water partition coefficient (Wildman–Crippen LogP) is 2.62. The molecule has 1 aliphatic rings. The van der Waals surface area contributed by atoms with E-state index in [2.05, 4.69) is 9.88 Å². The molecule has 2 atom stereocenters. The number of aromatic nitrogens is 1. The summed E-state index contributed by atoms with van der Waals surface area (Å²) >= 11 is 0. The summed E-state index contributed by atoms with van der Waals surface area (Å²) in [6, 6.07) is 18.0. The molecule has 1 aromatic heterocycles. The molecule has 1 saturated heterocycles. The van der Waals surface area contributed by atoms with Gasteiger partial charge in [0.1, 0.15) is 0 Å². The fourth-order valence-electron chi connectivity index (χ4n) is 4.48. The zero-order chi connectivity index (χ0) is 20.4. The highest BCUT2D eigenvalue weighted by Gasteiger charge is 2.42. The lowest BCUT2D eigenvalue weighted by Crippen LogP contribution is -2.54. The molecule has 1 fully saturated rings. The van der Waals surface area contributed by atoms with Crippen LogP contribution in [-0.2, 0) is 13.0 Å². The number of nitrogens with one attached hydrogen (secondary N) is 1. The highest BCUT2D eigenvalue weighted by molar-refractivity contribution is 5.79.